The maximum atomic E-state index is 12.3. The molecule has 11 nitrogen and oxygen atoms in total. The van der Waals surface area contributed by atoms with E-state index in [4.69, 9.17) is 5.73 Å². The van der Waals surface area contributed by atoms with Crippen LogP contribution in [0.4, 0.5) is 17.5 Å². The smallest absolute Gasteiger partial charge is 0.229 e. The number of carbonyl (C=O) groups is 1. The summed E-state index contributed by atoms with van der Waals surface area (Å²) in [6.07, 6.45) is 3.90. The predicted octanol–water partition coefficient (Wildman–Crippen LogP) is 1.63. The maximum absolute atomic E-state index is 12.3. The fourth-order valence-electron chi connectivity index (χ4n) is 4.68. The molecule has 0 spiro atoms. The highest BCUT2D eigenvalue weighted by atomic mass is 16.1. The minimum Gasteiger partial charge on any atom is -0.369 e. The summed E-state index contributed by atoms with van der Waals surface area (Å²) < 4.78 is 1.56. The van der Waals surface area contributed by atoms with Gasteiger partial charge < -0.3 is 21.7 Å². The first-order valence-corrected chi connectivity index (χ1v) is 10.4. The molecule has 3 aromatic rings. The summed E-state index contributed by atoms with van der Waals surface area (Å²) in [6, 6.07) is 9.18. The fourth-order valence-corrected chi connectivity index (χ4v) is 4.68. The van der Waals surface area contributed by atoms with Crippen molar-refractivity contribution in [1.29, 1.82) is 0 Å². The highest BCUT2D eigenvalue weighted by Crippen LogP contribution is 2.35. The number of piperidine rings is 1. The predicted molar refractivity (Wildman–Crippen MR) is 120 cm³/mol. The molecule has 168 valence electrons. The number of nitrogens with zero attached hydrogens (tertiary/aromatic N) is 6. The molecule has 1 aliphatic rings. The molecule has 0 saturated carbocycles. The second-order valence-electron chi connectivity index (χ2n) is 9.26. The highest BCUT2D eigenvalue weighted by Gasteiger charge is 2.48. The van der Waals surface area contributed by atoms with Crippen molar-refractivity contribution in [3.8, 4) is 5.69 Å². The van der Waals surface area contributed by atoms with Crippen molar-refractivity contribution in [3.63, 3.8) is 0 Å². The number of carbonyl (C=O) groups excluding carboxylic acids is 1. The number of aromatic nitrogens is 6. The summed E-state index contributed by atoms with van der Waals surface area (Å²) in [4.78, 5) is 21.2. The monoisotopic (exact) mass is 436 g/mol. The SMILES string of the molecule is CC1(C)CC(Nc2ccnc(Nc3cccc(-n4cnnn4)c3)n2)C(C(N)=O)C(C)(C)N1. The van der Waals surface area contributed by atoms with Gasteiger partial charge in [-0.3, -0.25) is 4.79 Å². The van der Waals surface area contributed by atoms with Gasteiger partial charge >= 0.3 is 0 Å². The van der Waals surface area contributed by atoms with Gasteiger partial charge in [-0.05, 0) is 68.8 Å². The third kappa shape index (κ3) is 4.67. The van der Waals surface area contributed by atoms with Crippen LogP contribution in [-0.4, -0.2) is 53.2 Å². The lowest BCUT2D eigenvalue weighted by atomic mass is 9.71. The third-order valence-corrected chi connectivity index (χ3v) is 5.58. The van der Waals surface area contributed by atoms with Gasteiger partial charge in [-0.25, -0.2) is 9.67 Å². The van der Waals surface area contributed by atoms with Gasteiger partial charge in [0.1, 0.15) is 12.1 Å². The minimum absolute atomic E-state index is 0.169. The van der Waals surface area contributed by atoms with Crippen LogP contribution in [0.5, 0.6) is 0 Å². The normalized spacial score (nSPS) is 21.6. The number of hydrogen-bond acceptors (Lipinski definition) is 9. The first kappa shape index (κ1) is 21.6. The molecular formula is C21H28N10O. The van der Waals surface area contributed by atoms with Crippen LogP contribution in [0.2, 0.25) is 0 Å². The van der Waals surface area contributed by atoms with Gasteiger partial charge in [-0.15, -0.1) is 5.10 Å². The number of hydrogen-bond donors (Lipinski definition) is 4. The Balaban J connectivity index is 1.54. The Morgan fingerprint density at radius 3 is 2.78 bits per heavy atom. The number of nitrogens with one attached hydrogen (secondary N) is 3. The number of primary amides is 1. The lowest BCUT2D eigenvalue weighted by molar-refractivity contribution is -0.126. The van der Waals surface area contributed by atoms with Crippen LogP contribution < -0.4 is 21.7 Å². The van der Waals surface area contributed by atoms with Gasteiger partial charge in [-0.1, -0.05) is 6.07 Å². The molecule has 0 aliphatic carbocycles. The van der Waals surface area contributed by atoms with Crippen LogP contribution in [0.3, 0.4) is 0 Å². The summed E-state index contributed by atoms with van der Waals surface area (Å²) in [7, 11) is 0. The van der Waals surface area contributed by atoms with Crippen molar-refractivity contribution in [3.05, 3.63) is 42.9 Å². The molecule has 1 aliphatic heterocycles. The Hall–Kier alpha value is -3.60. The van der Waals surface area contributed by atoms with Crippen molar-refractivity contribution >= 4 is 23.4 Å². The molecular weight excluding hydrogens is 408 g/mol. The lowest BCUT2D eigenvalue weighted by Gasteiger charge is -2.51. The van der Waals surface area contributed by atoms with Crippen molar-refractivity contribution in [2.75, 3.05) is 10.6 Å². The van der Waals surface area contributed by atoms with Crippen molar-refractivity contribution < 1.29 is 4.79 Å². The van der Waals surface area contributed by atoms with E-state index in [9.17, 15) is 4.79 Å². The van der Waals surface area contributed by atoms with Crippen LogP contribution in [0.25, 0.3) is 5.69 Å². The zero-order valence-electron chi connectivity index (χ0n) is 18.6. The van der Waals surface area contributed by atoms with E-state index >= 15 is 0 Å². The number of rotatable bonds is 6. The molecule has 11 heteroatoms. The lowest BCUT2D eigenvalue weighted by Crippen LogP contribution is -2.68. The average molecular weight is 437 g/mol. The first-order valence-electron chi connectivity index (χ1n) is 10.4. The standard InChI is InChI=1S/C21H28N10O/c1-20(2)11-15(17(18(22)32)21(3,4)28-20)26-16-8-9-23-19(27-16)25-13-6-5-7-14(10-13)31-12-24-29-30-31/h5-10,12,15,17,28H,11H2,1-4H3,(H2,22,32)(H2,23,25,26,27). The van der Waals surface area contributed by atoms with Gasteiger partial charge in [0.15, 0.2) is 0 Å². The van der Waals surface area contributed by atoms with E-state index in [-0.39, 0.29) is 17.5 Å². The van der Waals surface area contributed by atoms with Crippen molar-refractivity contribution in [2.45, 2.75) is 51.2 Å². The number of anilines is 3. The number of benzene rings is 1. The Morgan fingerprint density at radius 2 is 2.06 bits per heavy atom. The molecule has 2 unspecified atom stereocenters. The van der Waals surface area contributed by atoms with Gasteiger partial charge in [0, 0.05) is 29.0 Å². The molecule has 32 heavy (non-hydrogen) atoms. The van der Waals surface area contributed by atoms with Crippen molar-refractivity contribution in [2.24, 2.45) is 11.7 Å². The van der Waals surface area contributed by atoms with Gasteiger partial charge in [0.2, 0.25) is 11.9 Å². The molecule has 0 radical (unpaired) electrons. The largest absolute Gasteiger partial charge is 0.369 e. The van der Waals surface area contributed by atoms with Gasteiger partial charge in [-0.2, -0.15) is 4.98 Å². The number of amides is 1. The molecule has 5 N–H and O–H groups in total. The molecule has 1 amide bonds. The van der Waals surface area contributed by atoms with E-state index in [1.54, 1.807) is 16.9 Å². The van der Waals surface area contributed by atoms with Crippen LogP contribution in [0, 0.1) is 5.92 Å². The van der Waals surface area contributed by atoms with Gasteiger partial charge in [0.25, 0.3) is 0 Å². The first-order chi connectivity index (χ1) is 15.1. The molecule has 1 saturated heterocycles. The van der Waals surface area contributed by atoms with E-state index in [0.29, 0.717) is 18.2 Å². The van der Waals surface area contributed by atoms with Crippen LogP contribution in [0.15, 0.2) is 42.9 Å². The summed E-state index contributed by atoms with van der Waals surface area (Å²) >= 11 is 0. The summed E-state index contributed by atoms with van der Waals surface area (Å²) in [6.45, 7) is 8.24. The molecule has 2 aromatic heterocycles. The summed E-state index contributed by atoms with van der Waals surface area (Å²) in [5.41, 5.74) is 6.74. The summed E-state index contributed by atoms with van der Waals surface area (Å²) in [5.74, 6) is 0.285. The van der Waals surface area contributed by atoms with E-state index < -0.39 is 11.5 Å². The average Bonchev–Trinajstić information content (AvgIpc) is 3.21. The van der Waals surface area contributed by atoms with E-state index in [1.165, 1.54) is 6.33 Å². The Bertz CT molecular complexity index is 1100. The van der Waals surface area contributed by atoms with E-state index in [0.717, 1.165) is 11.4 Å². The third-order valence-electron chi connectivity index (χ3n) is 5.58. The summed E-state index contributed by atoms with van der Waals surface area (Å²) in [5, 5.41) is 21.4. The topological polar surface area (TPSA) is 149 Å². The highest BCUT2D eigenvalue weighted by molar-refractivity contribution is 5.79. The molecule has 3 heterocycles. The van der Waals surface area contributed by atoms with Crippen LogP contribution >= 0.6 is 0 Å². The Kier molecular flexibility index (Phi) is 5.51. The van der Waals surface area contributed by atoms with Gasteiger partial charge in [0.05, 0.1) is 11.6 Å². The van der Waals surface area contributed by atoms with E-state index in [2.05, 4.69) is 55.3 Å². The molecule has 4 rings (SSSR count). The molecule has 0 bridgehead atoms. The maximum Gasteiger partial charge on any atom is 0.229 e. The van der Waals surface area contributed by atoms with Crippen LogP contribution in [0.1, 0.15) is 34.1 Å². The Labute approximate surface area is 186 Å². The second-order valence-corrected chi connectivity index (χ2v) is 9.26. The number of tetrazole rings is 1. The molecule has 1 aromatic carbocycles. The molecule has 1 fully saturated rings. The quantitative estimate of drug-likeness (QED) is 0.452. The second kappa shape index (κ2) is 8.15. The fraction of sp³-hybridized carbons (Fsp3) is 0.429. The minimum atomic E-state index is -0.462. The van der Waals surface area contributed by atoms with Crippen LogP contribution in [-0.2, 0) is 4.79 Å². The van der Waals surface area contributed by atoms with E-state index in [1.807, 2.05) is 38.1 Å². The number of nitrogens with two attached hydrogens (primary N) is 1. The zero-order valence-corrected chi connectivity index (χ0v) is 18.6. The Morgan fingerprint density at radius 1 is 1.25 bits per heavy atom. The zero-order chi connectivity index (χ0) is 22.9. The van der Waals surface area contributed by atoms with Crippen molar-refractivity contribution in [1.82, 2.24) is 35.5 Å². The molecule has 2 atom stereocenters.